The number of benzene rings is 1. The maximum absolute atomic E-state index is 12.5. The molecule has 1 fully saturated rings. The van der Waals surface area contributed by atoms with Gasteiger partial charge in [-0.15, -0.1) is 10.2 Å². The molecule has 1 aromatic heterocycles. The summed E-state index contributed by atoms with van der Waals surface area (Å²) in [5.74, 6) is 8.11. The molecule has 0 spiro atoms. The quantitative estimate of drug-likeness (QED) is 0.544. The van der Waals surface area contributed by atoms with Crippen LogP contribution in [0.2, 0.25) is 0 Å². The molecule has 3 rings (SSSR count). The fourth-order valence-corrected chi connectivity index (χ4v) is 3.98. The Balaban J connectivity index is 1.52. The van der Waals surface area contributed by atoms with E-state index in [1.807, 2.05) is 43.0 Å². The van der Waals surface area contributed by atoms with Crippen LogP contribution in [0.5, 0.6) is 5.75 Å². The van der Waals surface area contributed by atoms with Crippen molar-refractivity contribution < 1.29 is 14.3 Å². The van der Waals surface area contributed by atoms with Gasteiger partial charge in [0.05, 0.1) is 18.0 Å². The van der Waals surface area contributed by atoms with Crippen molar-refractivity contribution in [1.29, 1.82) is 0 Å². The largest absolute Gasteiger partial charge is 0.486 e. The van der Waals surface area contributed by atoms with Crippen LogP contribution in [0.4, 0.5) is 0 Å². The molecule has 9 heteroatoms. The fraction of sp³-hybridized carbons (Fsp3) is 0.550. The number of morpholine rings is 1. The van der Waals surface area contributed by atoms with E-state index in [4.69, 9.17) is 15.3 Å². The van der Waals surface area contributed by atoms with Crippen molar-refractivity contribution in [3.05, 3.63) is 35.7 Å². The lowest BCUT2D eigenvalue weighted by Gasteiger charge is -2.35. The molecule has 1 aromatic carbocycles. The first-order valence-corrected chi connectivity index (χ1v) is 10.8. The highest BCUT2D eigenvalue weighted by molar-refractivity contribution is 7.99. The number of nitrogens with two attached hydrogens (primary N) is 1. The van der Waals surface area contributed by atoms with Crippen LogP contribution >= 0.6 is 11.8 Å². The average Bonchev–Trinajstić information content (AvgIpc) is 3.03. The topological polar surface area (TPSA) is 95.5 Å². The Morgan fingerprint density at radius 1 is 1.24 bits per heavy atom. The molecule has 0 unspecified atom stereocenters. The van der Waals surface area contributed by atoms with Crippen LogP contribution in [-0.4, -0.2) is 56.7 Å². The lowest BCUT2D eigenvalue weighted by Crippen LogP contribution is -2.48. The molecule has 1 aliphatic rings. The lowest BCUT2D eigenvalue weighted by atomic mass is 10.0. The number of hydrogen-bond acceptors (Lipinski definition) is 7. The van der Waals surface area contributed by atoms with E-state index in [0.29, 0.717) is 30.0 Å². The van der Waals surface area contributed by atoms with E-state index in [9.17, 15) is 4.79 Å². The molecule has 158 valence electrons. The molecule has 0 bridgehead atoms. The maximum atomic E-state index is 12.5. The van der Waals surface area contributed by atoms with Gasteiger partial charge in [0.25, 0.3) is 0 Å². The number of nitrogen functional groups attached to an aromatic ring is 1. The second-order valence-corrected chi connectivity index (χ2v) is 8.57. The Kier molecular flexibility index (Phi) is 7.02. The zero-order chi connectivity index (χ0) is 21.0. The van der Waals surface area contributed by atoms with Crippen LogP contribution in [0.15, 0.2) is 29.4 Å². The molecule has 0 radical (unpaired) electrons. The smallest absolute Gasteiger partial charge is 0.233 e. The number of carbonyl (C=O) groups excluding carboxylic acids is 1. The van der Waals surface area contributed by atoms with Gasteiger partial charge in [0.2, 0.25) is 11.1 Å². The molecular weight excluding hydrogens is 390 g/mol. The molecule has 29 heavy (non-hydrogen) atoms. The molecule has 1 aliphatic heterocycles. The second kappa shape index (κ2) is 9.49. The highest BCUT2D eigenvalue weighted by atomic mass is 32.2. The fourth-order valence-electron chi connectivity index (χ4n) is 3.20. The highest BCUT2D eigenvalue weighted by Gasteiger charge is 2.26. The molecule has 0 aliphatic carbocycles. The zero-order valence-electron chi connectivity index (χ0n) is 17.4. The molecule has 1 amide bonds. The van der Waals surface area contributed by atoms with Gasteiger partial charge in [-0.3, -0.25) is 4.79 Å². The van der Waals surface area contributed by atoms with Crippen LogP contribution in [0, 0.1) is 0 Å². The van der Waals surface area contributed by atoms with Crippen LogP contribution in [-0.2, 0) is 16.1 Å². The summed E-state index contributed by atoms with van der Waals surface area (Å²) in [6, 6.07) is 7.97. The number of amides is 1. The minimum Gasteiger partial charge on any atom is -0.486 e. The summed E-state index contributed by atoms with van der Waals surface area (Å²) in [6.07, 6.45) is 0.0911. The second-order valence-electron chi connectivity index (χ2n) is 7.63. The van der Waals surface area contributed by atoms with E-state index < -0.39 is 0 Å². The standard InChI is InChI=1S/C20H29N5O3S/c1-13(2)16-5-7-17(8-6-16)27-11-18-22-23-20(25(18)21)29-12-19(26)24-9-14(3)28-15(4)10-24/h5-8,13-15H,9-12,21H2,1-4H3/t14-,15-/m0/s1. The number of ether oxygens (including phenoxy) is 2. The number of rotatable bonds is 7. The number of carbonyl (C=O) groups is 1. The number of aromatic nitrogens is 3. The monoisotopic (exact) mass is 419 g/mol. The Bertz CT molecular complexity index is 814. The lowest BCUT2D eigenvalue weighted by molar-refractivity contribution is -0.140. The third-order valence-corrected chi connectivity index (χ3v) is 5.67. The number of nitrogens with zero attached hydrogens (tertiary/aromatic N) is 4. The van der Waals surface area contributed by atoms with Crippen molar-refractivity contribution in [3.63, 3.8) is 0 Å². The van der Waals surface area contributed by atoms with E-state index in [2.05, 4.69) is 24.0 Å². The first-order chi connectivity index (χ1) is 13.8. The Hall–Kier alpha value is -2.26. The molecule has 2 N–H and O–H groups in total. The van der Waals surface area contributed by atoms with Crippen molar-refractivity contribution in [2.24, 2.45) is 0 Å². The minimum absolute atomic E-state index is 0.0445. The Morgan fingerprint density at radius 3 is 2.52 bits per heavy atom. The van der Waals surface area contributed by atoms with Gasteiger partial charge in [-0.1, -0.05) is 37.7 Å². The summed E-state index contributed by atoms with van der Waals surface area (Å²) in [5.41, 5.74) is 1.26. The highest BCUT2D eigenvalue weighted by Crippen LogP contribution is 2.21. The number of hydrogen-bond donors (Lipinski definition) is 1. The van der Waals surface area contributed by atoms with Crippen molar-refractivity contribution in [1.82, 2.24) is 19.8 Å². The third kappa shape index (κ3) is 5.63. The van der Waals surface area contributed by atoms with Gasteiger partial charge in [-0.2, -0.15) is 0 Å². The van der Waals surface area contributed by atoms with Crippen LogP contribution in [0.25, 0.3) is 0 Å². The molecule has 8 nitrogen and oxygen atoms in total. The maximum Gasteiger partial charge on any atom is 0.233 e. The summed E-state index contributed by atoms with van der Waals surface area (Å²) >= 11 is 1.28. The van der Waals surface area contributed by atoms with Gasteiger partial charge in [-0.05, 0) is 37.5 Å². The molecular formula is C20H29N5O3S. The van der Waals surface area contributed by atoms with E-state index in [1.54, 1.807) is 0 Å². The van der Waals surface area contributed by atoms with Crippen molar-refractivity contribution in [2.45, 2.75) is 57.6 Å². The van der Waals surface area contributed by atoms with Gasteiger partial charge < -0.3 is 20.2 Å². The van der Waals surface area contributed by atoms with Gasteiger partial charge in [0.15, 0.2) is 5.82 Å². The normalized spacial score (nSPS) is 19.6. The van der Waals surface area contributed by atoms with Crippen LogP contribution in [0.1, 0.15) is 45.0 Å². The van der Waals surface area contributed by atoms with E-state index >= 15 is 0 Å². The summed E-state index contributed by atoms with van der Waals surface area (Å²) in [4.78, 5) is 14.3. The first-order valence-electron chi connectivity index (χ1n) is 9.81. The third-order valence-electron chi connectivity index (χ3n) is 4.75. The predicted octanol–water partition coefficient (Wildman–Crippen LogP) is 2.42. The molecule has 2 atom stereocenters. The first kappa shape index (κ1) is 21.4. The Labute approximate surface area is 175 Å². The summed E-state index contributed by atoms with van der Waals surface area (Å²) in [5, 5.41) is 8.66. The SMILES string of the molecule is CC(C)c1ccc(OCc2nnc(SCC(=O)N3C[C@H](C)O[C@@H](C)C3)n2N)cc1. The molecule has 2 heterocycles. The van der Waals surface area contributed by atoms with Gasteiger partial charge in [0, 0.05) is 13.1 Å². The zero-order valence-corrected chi connectivity index (χ0v) is 18.2. The van der Waals surface area contributed by atoms with Gasteiger partial charge in [-0.25, -0.2) is 4.68 Å². The van der Waals surface area contributed by atoms with Gasteiger partial charge >= 0.3 is 0 Å². The van der Waals surface area contributed by atoms with E-state index in [1.165, 1.54) is 22.0 Å². The van der Waals surface area contributed by atoms with Crippen LogP contribution < -0.4 is 10.6 Å². The molecule has 1 saturated heterocycles. The average molecular weight is 420 g/mol. The van der Waals surface area contributed by atoms with E-state index in [-0.39, 0.29) is 30.5 Å². The summed E-state index contributed by atoms with van der Waals surface area (Å²) < 4.78 is 12.8. The molecule has 0 saturated carbocycles. The summed E-state index contributed by atoms with van der Waals surface area (Å²) in [7, 11) is 0. The van der Waals surface area contributed by atoms with Gasteiger partial charge in [0.1, 0.15) is 12.4 Å². The number of thioether (sulfide) groups is 1. The molecule has 2 aromatic rings. The van der Waals surface area contributed by atoms with Crippen molar-refractivity contribution in [2.75, 3.05) is 24.7 Å². The summed E-state index contributed by atoms with van der Waals surface area (Å²) in [6.45, 7) is 9.66. The van der Waals surface area contributed by atoms with Crippen molar-refractivity contribution in [3.8, 4) is 5.75 Å². The Morgan fingerprint density at radius 2 is 1.90 bits per heavy atom. The van der Waals surface area contributed by atoms with E-state index in [0.717, 1.165) is 5.75 Å². The van der Waals surface area contributed by atoms with Crippen molar-refractivity contribution >= 4 is 17.7 Å². The minimum atomic E-state index is 0.0445. The van der Waals surface area contributed by atoms with Crippen LogP contribution in [0.3, 0.4) is 0 Å². The predicted molar refractivity (Wildman–Crippen MR) is 112 cm³/mol.